The first-order chi connectivity index (χ1) is 7.99. The smallest absolute Gasteiger partial charge is 0.0791 e. The molecular weight excluding hydrogens is 236 g/mol. The average Bonchev–Trinajstić information content (AvgIpc) is 2.26. The van der Waals surface area contributed by atoms with E-state index >= 15 is 0 Å². The molecule has 1 unspecified atom stereocenters. The van der Waals surface area contributed by atoms with E-state index in [4.69, 9.17) is 11.6 Å². The molecule has 1 aromatic rings. The van der Waals surface area contributed by atoms with Crippen molar-refractivity contribution in [1.82, 2.24) is 10.2 Å². The van der Waals surface area contributed by atoms with Gasteiger partial charge in [0.2, 0.25) is 0 Å². The van der Waals surface area contributed by atoms with Gasteiger partial charge in [-0.1, -0.05) is 23.7 Å². The second-order valence-electron chi connectivity index (χ2n) is 4.60. The molecule has 1 rings (SSSR count). The van der Waals surface area contributed by atoms with Gasteiger partial charge in [-0.2, -0.15) is 0 Å². The van der Waals surface area contributed by atoms with Crippen molar-refractivity contribution < 1.29 is 5.11 Å². The molecule has 0 radical (unpaired) electrons. The van der Waals surface area contributed by atoms with Gasteiger partial charge in [-0.15, -0.1) is 0 Å². The van der Waals surface area contributed by atoms with Crippen LogP contribution in [0.15, 0.2) is 24.3 Å². The first-order valence-corrected chi connectivity index (χ1v) is 6.18. The molecule has 3 nitrogen and oxygen atoms in total. The summed E-state index contributed by atoms with van der Waals surface area (Å²) in [7, 11) is 3.90. The third kappa shape index (κ3) is 5.50. The van der Waals surface area contributed by atoms with Crippen molar-refractivity contribution in [2.24, 2.45) is 0 Å². The van der Waals surface area contributed by atoms with Gasteiger partial charge in [0.1, 0.15) is 0 Å². The number of hydrogen-bond acceptors (Lipinski definition) is 3. The van der Waals surface area contributed by atoms with Gasteiger partial charge in [-0.05, 0) is 38.7 Å². The zero-order valence-corrected chi connectivity index (χ0v) is 11.4. The molecule has 0 bridgehead atoms. The van der Waals surface area contributed by atoms with Crippen LogP contribution in [0.4, 0.5) is 0 Å². The highest BCUT2D eigenvalue weighted by Gasteiger charge is 2.09. The fraction of sp³-hybridized carbons (Fsp3) is 0.538. The molecular formula is C13H21ClN2O. The van der Waals surface area contributed by atoms with Crippen LogP contribution >= 0.6 is 11.6 Å². The normalized spacial score (nSPS) is 14.9. The standard InChI is InChI=1S/C13H21ClN2O/c1-10(11-4-6-12(14)7-5-11)15-8-13(17)9-16(2)3/h4-7,10,13,15,17H,8-9H2,1-3H3/t10-,13?/m0/s1. The molecule has 0 aliphatic carbocycles. The Bertz CT molecular complexity index is 327. The second-order valence-corrected chi connectivity index (χ2v) is 5.03. The lowest BCUT2D eigenvalue weighted by Gasteiger charge is -2.20. The van der Waals surface area contributed by atoms with Crippen molar-refractivity contribution >= 4 is 11.6 Å². The Hall–Kier alpha value is -0.610. The molecule has 0 amide bonds. The molecule has 0 aromatic heterocycles. The van der Waals surface area contributed by atoms with Gasteiger partial charge in [-0.25, -0.2) is 0 Å². The largest absolute Gasteiger partial charge is 0.390 e. The number of aliphatic hydroxyl groups excluding tert-OH is 1. The third-order valence-corrected chi connectivity index (χ3v) is 2.86. The maximum Gasteiger partial charge on any atom is 0.0791 e. The van der Waals surface area contributed by atoms with Gasteiger partial charge in [0.05, 0.1) is 6.10 Å². The minimum absolute atomic E-state index is 0.212. The monoisotopic (exact) mass is 256 g/mol. The number of nitrogens with zero attached hydrogens (tertiary/aromatic N) is 1. The Balaban J connectivity index is 2.39. The molecule has 0 aliphatic heterocycles. The maximum atomic E-state index is 9.73. The second kappa shape index (κ2) is 6.97. The first-order valence-electron chi connectivity index (χ1n) is 5.80. The summed E-state index contributed by atoms with van der Waals surface area (Å²) in [6.07, 6.45) is -0.347. The highest BCUT2D eigenvalue weighted by atomic mass is 35.5. The van der Waals surface area contributed by atoms with Crippen molar-refractivity contribution in [2.75, 3.05) is 27.2 Å². The van der Waals surface area contributed by atoms with E-state index in [9.17, 15) is 5.11 Å². The van der Waals surface area contributed by atoms with E-state index < -0.39 is 0 Å². The highest BCUT2D eigenvalue weighted by molar-refractivity contribution is 6.30. The van der Waals surface area contributed by atoms with Crippen molar-refractivity contribution in [1.29, 1.82) is 0 Å². The summed E-state index contributed by atoms with van der Waals surface area (Å²) in [5.74, 6) is 0. The van der Waals surface area contributed by atoms with Crippen LogP contribution in [0.2, 0.25) is 5.02 Å². The number of benzene rings is 1. The van der Waals surface area contributed by atoms with E-state index in [1.807, 2.05) is 43.3 Å². The minimum Gasteiger partial charge on any atom is -0.390 e. The molecule has 2 N–H and O–H groups in total. The molecule has 4 heteroatoms. The number of hydrogen-bond donors (Lipinski definition) is 2. The predicted molar refractivity (Wildman–Crippen MR) is 72.4 cm³/mol. The summed E-state index contributed by atoms with van der Waals surface area (Å²) < 4.78 is 0. The zero-order valence-electron chi connectivity index (χ0n) is 10.7. The van der Waals surface area contributed by atoms with Crippen LogP contribution in [0.5, 0.6) is 0 Å². The fourth-order valence-corrected chi connectivity index (χ4v) is 1.79. The molecule has 0 saturated heterocycles. The summed E-state index contributed by atoms with van der Waals surface area (Å²) in [6, 6.07) is 7.97. The third-order valence-electron chi connectivity index (χ3n) is 2.61. The number of likely N-dealkylation sites (N-methyl/N-ethyl adjacent to an activating group) is 1. The number of rotatable bonds is 6. The summed E-state index contributed by atoms with van der Waals surface area (Å²) in [5, 5.41) is 13.8. The van der Waals surface area contributed by atoms with Crippen molar-refractivity contribution in [2.45, 2.75) is 19.1 Å². The predicted octanol–water partition coefficient (Wildman–Crippen LogP) is 1.91. The fourth-order valence-electron chi connectivity index (χ4n) is 1.67. The maximum absolute atomic E-state index is 9.73. The Labute approximate surface area is 108 Å². The van der Waals surface area contributed by atoms with E-state index in [1.54, 1.807) is 0 Å². The molecule has 2 atom stereocenters. The molecule has 96 valence electrons. The Kier molecular flexibility index (Phi) is 5.92. The van der Waals surface area contributed by atoms with Gasteiger partial charge in [0.15, 0.2) is 0 Å². The van der Waals surface area contributed by atoms with Crippen LogP contribution in [-0.2, 0) is 0 Å². The Morgan fingerprint density at radius 2 is 1.88 bits per heavy atom. The van der Waals surface area contributed by atoms with Crippen LogP contribution in [-0.4, -0.2) is 43.3 Å². The van der Waals surface area contributed by atoms with Gasteiger partial charge in [-0.3, -0.25) is 0 Å². The van der Waals surface area contributed by atoms with Crippen molar-refractivity contribution in [3.8, 4) is 0 Å². The Morgan fingerprint density at radius 3 is 2.41 bits per heavy atom. The van der Waals surface area contributed by atoms with Crippen LogP contribution < -0.4 is 5.32 Å². The molecule has 0 heterocycles. The molecule has 17 heavy (non-hydrogen) atoms. The van der Waals surface area contributed by atoms with E-state index in [2.05, 4.69) is 12.2 Å². The quantitative estimate of drug-likeness (QED) is 0.816. The molecule has 0 spiro atoms. The highest BCUT2D eigenvalue weighted by Crippen LogP contribution is 2.15. The number of nitrogens with one attached hydrogen (secondary N) is 1. The SMILES string of the molecule is C[C@H](NCC(O)CN(C)C)c1ccc(Cl)cc1. The molecule has 0 aliphatic rings. The van der Waals surface area contributed by atoms with E-state index in [-0.39, 0.29) is 12.1 Å². The Morgan fingerprint density at radius 1 is 1.29 bits per heavy atom. The van der Waals surface area contributed by atoms with E-state index in [1.165, 1.54) is 5.56 Å². The van der Waals surface area contributed by atoms with Crippen molar-refractivity contribution in [3.63, 3.8) is 0 Å². The average molecular weight is 257 g/mol. The van der Waals surface area contributed by atoms with Gasteiger partial charge < -0.3 is 15.3 Å². The minimum atomic E-state index is -0.347. The van der Waals surface area contributed by atoms with Gasteiger partial charge >= 0.3 is 0 Å². The lowest BCUT2D eigenvalue weighted by molar-refractivity contribution is 0.132. The lowest BCUT2D eigenvalue weighted by Crippen LogP contribution is -2.36. The summed E-state index contributed by atoms with van der Waals surface area (Å²) >= 11 is 5.84. The number of aliphatic hydroxyl groups is 1. The summed E-state index contributed by atoms with van der Waals surface area (Å²) in [6.45, 7) is 3.33. The van der Waals surface area contributed by atoms with Crippen LogP contribution in [0.3, 0.4) is 0 Å². The lowest BCUT2D eigenvalue weighted by atomic mass is 10.1. The summed E-state index contributed by atoms with van der Waals surface area (Å²) in [5.41, 5.74) is 1.17. The van der Waals surface area contributed by atoms with Crippen LogP contribution in [0.25, 0.3) is 0 Å². The van der Waals surface area contributed by atoms with E-state index in [0.29, 0.717) is 13.1 Å². The van der Waals surface area contributed by atoms with Gasteiger partial charge in [0, 0.05) is 24.2 Å². The zero-order chi connectivity index (χ0) is 12.8. The molecule has 0 saturated carbocycles. The van der Waals surface area contributed by atoms with Crippen LogP contribution in [0.1, 0.15) is 18.5 Å². The first kappa shape index (κ1) is 14.5. The van der Waals surface area contributed by atoms with Crippen molar-refractivity contribution in [3.05, 3.63) is 34.9 Å². The summed E-state index contributed by atoms with van der Waals surface area (Å²) in [4.78, 5) is 1.97. The molecule has 1 aromatic carbocycles. The van der Waals surface area contributed by atoms with E-state index in [0.717, 1.165) is 5.02 Å². The van der Waals surface area contributed by atoms with Crippen LogP contribution in [0, 0.1) is 0 Å². The topological polar surface area (TPSA) is 35.5 Å². The number of halogens is 1. The molecule has 0 fully saturated rings. The van der Waals surface area contributed by atoms with Gasteiger partial charge in [0.25, 0.3) is 0 Å².